The van der Waals surface area contributed by atoms with Crippen molar-refractivity contribution in [1.82, 2.24) is 4.57 Å². The normalized spacial score (nSPS) is 11.3. The van der Waals surface area contributed by atoms with Crippen LogP contribution in [0.2, 0.25) is 0 Å². The van der Waals surface area contributed by atoms with Gasteiger partial charge in [0.25, 0.3) is 7.82 Å². The molecule has 7 heteroatoms. The lowest BCUT2D eigenvalue weighted by atomic mass is 10.1. The molecule has 0 atom stereocenters. The van der Waals surface area contributed by atoms with Crippen molar-refractivity contribution < 1.29 is 23.1 Å². The number of nitrogens with zero attached hydrogens (tertiary/aromatic N) is 2. The van der Waals surface area contributed by atoms with Gasteiger partial charge >= 0.3 is 0 Å². The highest BCUT2D eigenvalue weighted by Gasteiger charge is 2.07. The van der Waals surface area contributed by atoms with Crippen molar-refractivity contribution in [3.63, 3.8) is 0 Å². The van der Waals surface area contributed by atoms with Crippen LogP contribution >= 0.6 is 7.82 Å². The van der Waals surface area contributed by atoms with Crippen LogP contribution in [-0.2, 0) is 27.2 Å². The summed E-state index contributed by atoms with van der Waals surface area (Å²) in [6.07, 6.45) is 19.4. The molecule has 0 unspecified atom stereocenters. The third kappa shape index (κ3) is 17.4. The largest absolute Gasteiger partial charge is 0.756 e. The summed E-state index contributed by atoms with van der Waals surface area (Å²) in [5.74, 6) is 0. The molecule has 0 aromatic carbocycles. The van der Waals surface area contributed by atoms with Gasteiger partial charge in [-0.1, -0.05) is 65.7 Å². The van der Waals surface area contributed by atoms with Crippen molar-refractivity contribution in [2.75, 3.05) is 13.2 Å². The van der Waals surface area contributed by atoms with Gasteiger partial charge in [-0.2, -0.15) is 0 Å². The van der Waals surface area contributed by atoms with E-state index in [1.165, 1.54) is 51.5 Å². The van der Waals surface area contributed by atoms with Crippen molar-refractivity contribution >= 4 is 7.82 Å². The number of hydrogen-bond acceptors (Lipinski definition) is 4. The van der Waals surface area contributed by atoms with E-state index in [1.807, 2.05) is 13.8 Å². The molecule has 1 heterocycles. The fourth-order valence-electron chi connectivity index (χ4n) is 2.56. The average Bonchev–Trinajstić information content (AvgIpc) is 3.07. The minimum Gasteiger partial charge on any atom is -0.756 e. The Kier molecular flexibility index (Phi) is 17.9. The molecule has 0 saturated carbocycles. The first-order chi connectivity index (χ1) is 13.4. The smallest absolute Gasteiger partial charge is 0.267 e. The van der Waals surface area contributed by atoms with E-state index in [0.717, 1.165) is 25.7 Å². The summed E-state index contributed by atoms with van der Waals surface area (Å²) >= 11 is 0. The van der Waals surface area contributed by atoms with Gasteiger partial charge in [0.15, 0.2) is 0 Å². The zero-order valence-corrected chi connectivity index (χ0v) is 19.5. The third-order valence-corrected chi connectivity index (χ3v) is 5.34. The van der Waals surface area contributed by atoms with E-state index in [2.05, 4.69) is 50.9 Å². The Bertz CT molecular complexity index is 494. The Morgan fingerprint density at radius 1 is 0.857 bits per heavy atom. The number of imidazole rings is 1. The molecule has 0 aliphatic rings. The molecule has 0 saturated heterocycles. The van der Waals surface area contributed by atoms with Crippen LogP contribution in [0.5, 0.6) is 0 Å². The predicted octanol–water partition coefficient (Wildman–Crippen LogP) is 5.15. The molecule has 1 aromatic heterocycles. The molecule has 0 radical (unpaired) electrons. The molecule has 0 aliphatic carbocycles. The standard InChI is InChI=1S/C13H25N2.C8H19O4P/c1-3-4-5-6-7-8-9-10-15-12-11-14(2)13-15;1-3-5-7-11-13(9,10)12-8-6-4-2/h11-13H,3-10H2,1-2H3;3-8H2,1-2H3,(H,9,10)/q+1;/p-1. The molecular weight excluding hydrogens is 375 g/mol. The average molecular weight is 419 g/mol. The summed E-state index contributed by atoms with van der Waals surface area (Å²) in [6, 6.07) is 0. The minimum absolute atomic E-state index is 0.226. The Hall–Kier alpha value is -0.680. The van der Waals surface area contributed by atoms with Crippen LogP contribution < -0.4 is 9.46 Å². The lowest BCUT2D eigenvalue weighted by Gasteiger charge is -2.22. The van der Waals surface area contributed by atoms with Crippen molar-refractivity contribution in [3.8, 4) is 0 Å². The van der Waals surface area contributed by atoms with E-state index in [1.54, 1.807) is 0 Å². The van der Waals surface area contributed by atoms with Gasteiger partial charge in [0.1, 0.15) is 12.4 Å². The maximum Gasteiger partial charge on any atom is 0.267 e. The Morgan fingerprint density at radius 3 is 1.82 bits per heavy atom. The number of unbranched alkanes of at least 4 members (excludes halogenated alkanes) is 8. The minimum atomic E-state index is -4.00. The number of aryl methyl sites for hydroxylation is 2. The first-order valence-electron chi connectivity index (χ1n) is 11.1. The SMILES string of the molecule is CCCCCCCCCn1cc[n+](C)c1.CCCCOP(=O)([O-])OCCCC. The molecule has 0 fully saturated rings. The van der Waals surface area contributed by atoms with Gasteiger partial charge in [0, 0.05) is 0 Å². The van der Waals surface area contributed by atoms with Crippen LogP contribution in [0.15, 0.2) is 18.7 Å². The summed E-state index contributed by atoms with van der Waals surface area (Å²) in [5.41, 5.74) is 0. The van der Waals surface area contributed by atoms with Crippen molar-refractivity contribution in [1.29, 1.82) is 0 Å². The van der Waals surface area contributed by atoms with Crippen molar-refractivity contribution in [2.45, 2.75) is 97.9 Å². The lowest BCUT2D eigenvalue weighted by Crippen LogP contribution is -2.23. The summed E-state index contributed by atoms with van der Waals surface area (Å²) in [4.78, 5) is 11.0. The van der Waals surface area contributed by atoms with Gasteiger partial charge in [-0.05, 0) is 25.7 Å². The summed E-state index contributed by atoms with van der Waals surface area (Å²) in [5, 5.41) is 0. The van der Waals surface area contributed by atoms with Crippen LogP contribution in [0.1, 0.15) is 91.4 Å². The van der Waals surface area contributed by atoms with Gasteiger partial charge in [-0.3, -0.25) is 4.57 Å². The number of hydrogen-bond donors (Lipinski definition) is 0. The molecule has 0 N–H and O–H groups in total. The van der Waals surface area contributed by atoms with Gasteiger partial charge in [-0.15, -0.1) is 0 Å². The maximum absolute atomic E-state index is 11.0. The summed E-state index contributed by atoms with van der Waals surface area (Å²) in [6.45, 7) is 7.83. The Morgan fingerprint density at radius 2 is 1.36 bits per heavy atom. The third-order valence-electron chi connectivity index (χ3n) is 4.34. The van der Waals surface area contributed by atoms with Crippen LogP contribution in [0.4, 0.5) is 0 Å². The topological polar surface area (TPSA) is 67.4 Å². The highest BCUT2D eigenvalue weighted by atomic mass is 31.2. The van der Waals surface area contributed by atoms with Crippen LogP contribution in [-0.4, -0.2) is 17.8 Å². The van der Waals surface area contributed by atoms with E-state index in [-0.39, 0.29) is 13.2 Å². The molecule has 1 rings (SSSR count). The summed E-state index contributed by atoms with van der Waals surface area (Å²) in [7, 11) is -1.93. The van der Waals surface area contributed by atoms with Crippen LogP contribution in [0.3, 0.4) is 0 Å². The van der Waals surface area contributed by atoms with E-state index in [0.29, 0.717) is 0 Å². The van der Waals surface area contributed by atoms with Gasteiger partial charge in [0.2, 0.25) is 6.33 Å². The fraction of sp³-hybridized carbons (Fsp3) is 0.857. The molecule has 0 spiro atoms. The second-order valence-electron chi connectivity index (χ2n) is 7.26. The lowest BCUT2D eigenvalue weighted by molar-refractivity contribution is -0.671. The monoisotopic (exact) mass is 418 g/mol. The molecule has 0 bridgehead atoms. The molecule has 6 nitrogen and oxygen atoms in total. The number of phosphoric ester groups is 1. The van der Waals surface area contributed by atoms with Crippen molar-refractivity contribution in [2.24, 2.45) is 7.05 Å². The maximum atomic E-state index is 11.0. The Balaban J connectivity index is 0.000000528. The fourth-order valence-corrected chi connectivity index (χ4v) is 3.34. The van der Waals surface area contributed by atoms with Gasteiger partial charge in [0.05, 0.1) is 26.8 Å². The second-order valence-corrected chi connectivity index (χ2v) is 8.67. The molecule has 0 amide bonds. The highest BCUT2D eigenvalue weighted by Crippen LogP contribution is 2.38. The number of phosphoric acid groups is 1. The van der Waals surface area contributed by atoms with E-state index < -0.39 is 7.82 Å². The van der Waals surface area contributed by atoms with Crippen molar-refractivity contribution in [3.05, 3.63) is 18.7 Å². The summed E-state index contributed by atoms with van der Waals surface area (Å²) < 4.78 is 24.5. The number of aromatic nitrogens is 2. The zero-order valence-electron chi connectivity index (χ0n) is 18.6. The number of rotatable bonds is 16. The highest BCUT2D eigenvalue weighted by molar-refractivity contribution is 7.45. The molecule has 166 valence electrons. The predicted molar refractivity (Wildman–Crippen MR) is 113 cm³/mol. The van der Waals surface area contributed by atoms with Crippen LogP contribution in [0, 0.1) is 0 Å². The first kappa shape index (κ1) is 27.3. The second kappa shape index (κ2) is 18.4. The first-order valence-corrected chi connectivity index (χ1v) is 12.5. The van der Waals surface area contributed by atoms with E-state index >= 15 is 0 Å². The Labute approximate surface area is 172 Å². The van der Waals surface area contributed by atoms with Crippen LogP contribution in [0.25, 0.3) is 0 Å². The van der Waals surface area contributed by atoms with E-state index in [4.69, 9.17) is 0 Å². The molecule has 1 aromatic rings. The van der Waals surface area contributed by atoms with Gasteiger partial charge in [-0.25, -0.2) is 9.13 Å². The molecule has 0 aliphatic heterocycles. The quantitative estimate of drug-likeness (QED) is 0.211. The molecular formula is C21H43N2O4P. The zero-order chi connectivity index (χ0) is 21.1. The van der Waals surface area contributed by atoms with Gasteiger partial charge < -0.3 is 13.9 Å². The van der Waals surface area contributed by atoms with E-state index in [9.17, 15) is 9.46 Å². The molecule has 28 heavy (non-hydrogen) atoms.